The van der Waals surface area contributed by atoms with E-state index in [9.17, 15) is 9.59 Å². The molecule has 0 rings (SSSR count). The van der Waals surface area contributed by atoms with Gasteiger partial charge in [0, 0.05) is 12.2 Å². The van der Waals surface area contributed by atoms with E-state index in [1.165, 1.54) is 0 Å². The van der Waals surface area contributed by atoms with E-state index in [0.717, 1.165) is 12.2 Å². The molecule has 0 heterocycles. The molecular weight excluding hydrogens is 612 g/mol. The molecule has 0 aliphatic carbocycles. The van der Waals surface area contributed by atoms with Crippen LogP contribution in [0.1, 0.15) is 93.4 Å². The zero-order chi connectivity index (χ0) is 38.6. The monoisotopic (exact) mass is 676 g/mol. The van der Waals surface area contributed by atoms with Gasteiger partial charge >= 0.3 is 11.9 Å². The van der Waals surface area contributed by atoms with Crippen LogP contribution in [0, 0.1) is 0 Å². The molecule has 0 unspecified atom stereocenters. The molecule has 0 aromatic carbocycles. The van der Waals surface area contributed by atoms with Gasteiger partial charge in [-0.25, -0.2) is 9.59 Å². The average Bonchev–Trinajstić information content (AvgIpc) is 2.99. The molecule has 0 radical (unpaired) electrons. The van der Waals surface area contributed by atoms with Gasteiger partial charge < -0.3 is 81.7 Å². The first-order chi connectivity index (χ1) is 20.4. The number of hydrogen-bond acceptors (Lipinski definition) is 16. The van der Waals surface area contributed by atoms with Crippen molar-refractivity contribution in [3.05, 3.63) is 25.3 Å². The summed E-state index contributed by atoms with van der Waals surface area (Å²) in [4.78, 5) is 18.5. The average molecular weight is 677 g/mol. The van der Waals surface area contributed by atoms with E-state index in [-0.39, 0.29) is 0 Å². The first-order valence-electron chi connectivity index (χ1n) is 13.7. The van der Waals surface area contributed by atoms with Crippen molar-refractivity contribution < 1.29 is 91.3 Å². The molecule has 0 aromatic heterocycles. The normalized spacial score (nSPS) is 8.89. The zero-order valence-corrected chi connectivity index (χ0v) is 27.5. The van der Waals surface area contributed by atoms with E-state index >= 15 is 0 Å². The number of carboxylic acids is 2. The van der Waals surface area contributed by atoms with Crippen LogP contribution in [-0.4, -0.2) is 138 Å². The fourth-order valence-corrected chi connectivity index (χ4v) is 0. The van der Waals surface area contributed by atoms with Gasteiger partial charge in [-0.3, -0.25) is 0 Å². The van der Waals surface area contributed by atoms with Crippen LogP contribution in [0.15, 0.2) is 25.3 Å². The topological polar surface area (TPSA) is 358 Å². The van der Waals surface area contributed by atoms with Crippen LogP contribution in [0.2, 0.25) is 0 Å². The van der Waals surface area contributed by atoms with Gasteiger partial charge in [-0.2, -0.15) is 0 Å². The Hall–Kier alpha value is -2.14. The minimum absolute atomic E-state index is 0.417. The molecule has 0 fully saturated rings. The van der Waals surface area contributed by atoms with Crippen molar-refractivity contribution in [3.8, 4) is 0 Å². The molecule has 0 saturated heterocycles. The Morgan fingerprint density at radius 1 is 0.378 bits per heavy atom. The van der Waals surface area contributed by atoms with Crippen molar-refractivity contribution >= 4 is 11.9 Å². The molecule has 0 aromatic rings. The van der Waals surface area contributed by atoms with Crippen molar-refractivity contribution in [2.24, 2.45) is 0 Å². The smallest absolute Gasteiger partial charge is 0.327 e. The lowest BCUT2D eigenvalue weighted by Crippen LogP contribution is -1.99. The predicted octanol–water partition coefficient (Wildman–Crippen LogP) is -1.54. The molecule has 0 atom stereocenters. The molecule has 0 amide bonds. The highest BCUT2D eigenvalue weighted by Crippen LogP contribution is 1.79. The number of carboxylic acid groups (broad SMARTS) is 2. The maximum atomic E-state index is 9.25. The summed E-state index contributed by atoms with van der Waals surface area (Å²) in [5.41, 5.74) is 0. The van der Waals surface area contributed by atoms with Crippen molar-refractivity contribution in [2.75, 3.05) is 0 Å². The van der Waals surface area contributed by atoms with Crippen LogP contribution in [0.5, 0.6) is 0 Å². The fraction of sp³-hybridized carbons (Fsp3) is 0.778. The maximum absolute atomic E-state index is 9.25. The van der Waals surface area contributed by atoms with Gasteiger partial charge in [0.2, 0.25) is 0 Å². The summed E-state index contributed by atoms with van der Waals surface area (Å²) in [7, 11) is 0. The standard InChI is InChI=1S/7C3H8O2.2C3H4O2/c9*1-2-3(4)5/h7*3-5H,2H2,1H3;2*2H,1H2,(H,4,5). The van der Waals surface area contributed by atoms with Crippen LogP contribution >= 0.6 is 0 Å². The summed E-state index contributed by atoms with van der Waals surface area (Å²) in [6.07, 6.45) is -3.23. The number of rotatable bonds is 9. The Kier molecular flexibility index (Phi) is 88.7. The Labute approximate surface area is 266 Å². The van der Waals surface area contributed by atoms with Gasteiger partial charge in [-0.1, -0.05) is 61.6 Å². The van der Waals surface area contributed by atoms with Crippen molar-refractivity contribution in [3.63, 3.8) is 0 Å². The highest BCUT2D eigenvalue weighted by atomic mass is 16.5. The lowest BCUT2D eigenvalue weighted by atomic mass is 10.5. The fourth-order valence-electron chi connectivity index (χ4n) is 0. The molecule has 0 spiro atoms. The van der Waals surface area contributed by atoms with Gasteiger partial charge in [0.05, 0.1) is 0 Å². The summed E-state index contributed by atoms with van der Waals surface area (Å²) in [5, 5.41) is 126. The van der Waals surface area contributed by atoms with Gasteiger partial charge in [0.25, 0.3) is 0 Å². The maximum Gasteiger partial charge on any atom is 0.327 e. The van der Waals surface area contributed by atoms with E-state index in [0.29, 0.717) is 44.9 Å². The van der Waals surface area contributed by atoms with Crippen LogP contribution in [-0.2, 0) is 9.59 Å². The van der Waals surface area contributed by atoms with Crippen molar-refractivity contribution in [2.45, 2.75) is 137 Å². The molecule has 45 heavy (non-hydrogen) atoms. The number of aliphatic carboxylic acids is 2. The van der Waals surface area contributed by atoms with E-state index in [4.69, 9.17) is 81.7 Å². The molecule has 0 bridgehead atoms. The van der Waals surface area contributed by atoms with Crippen LogP contribution in [0.4, 0.5) is 0 Å². The van der Waals surface area contributed by atoms with E-state index < -0.39 is 56.0 Å². The summed E-state index contributed by atoms with van der Waals surface area (Å²) in [6.45, 7) is 17.8. The molecule has 16 N–H and O–H groups in total. The highest BCUT2D eigenvalue weighted by Gasteiger charge is 1.86. The second-order valence-corrected chi connectivity index (χ2v) is 7.31. The largest absolute Gasteiger partial charge is 0.478 e. The highest BCUT2D eigenvalue weighted by molar-refractivity contribution is 5.79. The first-order valence-corrected chi connectivity index (χ1v) is 13.7. The summed E-state index contributed by atoms with van der Waals surface area (Å²) >= 11 is 0. The number of hydrogen-bond donors (Lipinski definition) is 16. The Bertz CT molecular complexity index is 429. The second kappa shape index (κ2) is 61.0. The number of carbonyl (C=O) groups is 2. The number of aliphatic hydroxyl groups excluding tert-OH is 7. The van der Waals surface area contributed by atoms with Gasteiger partial charge in [-0.05, 0) is 44.9 Å². The van der Waals surface area contributed by atoms with E-state index in [2.05, 4.69) is 13.2 Å². The third-order valence-electron chi connectivity index (χ3n) is 2.91. The van der Waals surface area contributed by atoms with Gasteiger partial charge in [-0.15, -0.1) is 0 Å². The van der Waals surface area contributed by atoms with E-state index in [1.54, 1.807) is 48.5 Å². The lowest BCUT2D eigenvalue weighted by Gasteiger charge is -1.90. The molecule has 0 saturated carbocycles. The van der Waals surface area contributed by atoms with Crippen LogP contribution < -0.4 is 0 Å². The predicted molar refractivity (Wildman–Crippen MR) is 165 cm³/mol. The first kappa shape index (κ1) is 65.5. The molecule has 280 valence electrons. The number of aliphatic hydroxyl groups is 14. The minimum Gasteiger partial charge on any atom is -0.478 e. The van der Waals surface area contributed by atoms with Gasteiger partial charge in [0.1, 0.15) is 0 Å². The third kappa shape index (κ3) is 264. The zero-order valence-electron chi connectivity index (χ0n) is 27.5. The van der Waals surface area contributed by atoms with Gasteiger partial charge in [0.15, 0.2) is 44.0 Å². The summed E-state index contributed by atoms with van der Waals surface area (Å²) in [5.74, 6) is -1.96. The molecule has 0 aliphatic rings. The SMILES string of the molecule is C=CC(=O)O.C=CC(=O)O.CCC(O)O.CCC(O)O.CCC(O)O.CCC(O)O.CCC(O)O.CCC(O)O.CCC(O)O. The Balaban J connectivity index is -0.0000000463. The second-order valence-electron chi connectivity index (χ2n) is 7.31. The summed E-state index contributed by atoms with van der Waals surface area (Å²) in [6, 6.07) is 0. The Morgan fingerprint density at radius 2 is 0.422 bits per heavy atom. The Morgan fingerprint density at radius 3 is 0.422 bits per heavy atom. The van der Waals surface area contributed by atoms with Crippen LogP contribution in [0.25, 0.3) is 0 Å². The lowest BCUT2D eigenvalue weighted by molar-refractivity contribution is -0.132. The minimum atomic E-state index is -1.12. The molecule has 0 aliphatic heterocycles. The quantitative estimate of drug-likeness (QED) is 0.0971. The third-order valence-corrected chi connectivity index (χ3v) is 2.91. The molecule has 18 heteroatoms. The molecule has 18 nitrogen and oxygen atoms in total. The van der Waals surface area contributed by atoms with Crippen molar-refractivity contribution in [1.82, 2.24) is 0 Å². The molecular formula is C27H64O18. The van der Waals surface area contributed by atoms with Crippen molar-refractivity contribution in [1.29, 1.82) is 0 Å². The van der Waals surface area contributed by atoms with E-state index in [1.807, 2.05) is 0 Å². The summed E-state index contributed by atoms with van der Waals surface area (Å²) < 4.78 is 0. The van der Waals surface area contributed by atoms with Crippen LogP contribution in [0.3, 0.4) is 0 Å².